The molecule has 0 bridgehead atoms. The van der Waals surface area contributed by atoms with E-state index in [0.29, 0.717) is 15.4 Å². The highest BCUT2D eigenvalue weighted by molar-refractivity contribution is 14.1. The number of halogens is 2. The number of Topliss-reactive ketones (excluding diaryl/α,β-unsaturated/α-hetero) is 1. The van der Waals surface area contributed by atoms with Crippen LogP contribution in [-0.2, 0) is 0 Å². The summed E-state index contributed by atoms with van der Waals surface area (Å²) in [7, 11) is 0. The predicted molar refractivity (Wildman–Crippen MR) is 64.3 cm³/mol. The van der Waals surface area contributed by atoms with Crippen LogP contribution >= 0.6 is 34.2 Å². The molecule has 0 unspecified atom stereocenters. The first kappa shape index (κ1) is 12.1. The zero-order valence-corrected chi connectivity index (χ0v) is 10.4. The van der Waals surface area contributed by atoms with Gasteiger partial charge in [0.1, 0.15) is 6.07 Å². The number of rotatable bonds is 3. The van der Waals surface area contributed by atoms with Crippen LogP contribution in [0, 0.1) is 14.9 Å². The maximum absolute atomic E-state index is 11.3. The minimum atomic E-state index is -0.262. The molecule has 0 amide bonds. The Hall–Kier alpha value is -0.930. The molecule has 0 saturated carbocycles. The Balaban J connectivity index is 3.39. The van der Waals surface area contributed by atoms with E-state index in [0.717, 1.165) is 0 Å². The molecule has 0 aliphatic carbocycles. The molecule has 76 valence electrons. The molecule has 0 aliphatic heterocycles. The molecule has 0 saturated heterocycles. The van der Waals surface area contributed by atoms with Gasteiger partial charge in [0, 0.05) is 14.7 Å². The zero-order chi connectivity index (χ0) is 11.4. The van der Waals surface area contributed by atoms with Crippen LogP contribution in [0.4, 0.5) is 0 Å². The van der Waals surface area contributed by atoms with Gasteiger partial charge in [-0.15, -0.1) is 11.6 Å². The average Bonchev–Trinajstić information content (AvgIpc) is 2.26. The summed E-state index contributed by atoms with van der Waals surface area (Å²) in [6, 6.07) is 4.86. The maximum atomic E-state index is 11.3. The third-order valence-corrected chi connectivity index (χ3v) is 2.90. The number of hydrogen-bond acceptors (Lipinski definition) is 3. The van der Waals surface area contributed by atoms with Crippen molar-refractivity contribution in [2.24, 2.45) is 0 Å². The van der Waals surface area contributed by atoms with Crippen LogP contribution in [0.5, 0.6) is 0 Å². The van der Waals surface area contributed by atoms with Crippen molar-refractivity contribution in [2.75, 3.05) is 5.88 Å². The molecule has 0 fully saturated rings. The van der Waals surface area contributed by atoms with Gasteiger partial charge >= 0.3 is 0 Å². The molecule has 3 nitrogen and oxygen atoms in total. The molecule has 1 aromatic rings. The van der Waals surface area contributed by atoms with Gasteiger partial charge in [-0.25, -0.2) is 0 Å². The minimum absolute atomic E-state index is 0.139. The second kappa shape index (κ2) is 5.24. The summed E-state index contributed by atoms with van der Waals surface area (Å²) in [5.41, 5.74) is 0.866. The van der Waals surface area contributed by atoms with Gasteiger partial charge < -0.3 is 0 Å². The van der Waals surface area contributed by atoms with Crippen LogP contribution in [0.2, 0.25) is 0 Å². The molecule has 0 atom stereocenters. The molecule has 0 heterocycles. The standard InChI is InChI=1S/C10H5ClINO2/c11-3-10(15)6-1-7(5-14)8(4-13)9(12)2-6/h1-2,5H,3H2. The zero-order valence-electron chi connectivity index (χ0n) is 7.46. The first-order chi connectivity index (χ1) is 7.13. The van der Waals surface area contributed by atoms with Crippen molar-refractivity contribution in [3.8, 4) is 6.07 Å². The lowest BCUT2D eigenvalue weighted by Crippen LogP contribution is -2.04. The van der Waals surface area contributed by atoms with Crippen molar-refractivity contribution in [1.82, 2.24) is 0 Å². The van der Waals surface area contributed by atoms with Gasteiger partial charge in [-0.05, 0) is 34.7 Å². The van der Waals surface area contributed by atoms with E-state index < -0.39 is 0 Å². The van der Waals surface area contributed by atoms with Crippen LogP contribution in [0.15, 0.2) is 12.1 Å². The molecule has 0 radical (unpaired) electrons. The third kappa shape index (κ3) is 2.55. The number of alkyl halides is 1. The smallest absolute Gasteiger partial charge is 0.177 e. The van der Waals surface area contributed by atoms with Crippen LogP contribution in [0.25, 0.3) is 0 Å². The quantitative estimate of drug-likeness (QED) is 0.369. The van der Waals surface area contributed by atoms with E-state index in [1.54, 1.807) is 6.07 Å². The second-order valence-electron chi connectivity index (χ2n) is 2.71. The molecule has 0 spiro atoms. The SMILES string of the molecule is N#Cc1c(I)cc(C(=O)CCl)cc1C=O. The van der Waals surface area contributed by atoms with Crippen molar-refractivity contribution in [3.05, 3.63) is 32.4 Å². The van der Waals surface area contributed by atoms with Crippen molar-refractivity contribution < 1.29 is 9.59 Å². The largest absolute Gasteiger partial charge is 0.298 e. The highest BCUT2D eigenvalue weighted by Crippen LogP contribution is 2.18. The third-order valence-electron chi connectivity index (χ3n) is 1.80. The Bertz CT molecular complexity index is 465. The lowest BCUT2D eigenvalue weighted by atomic mass is 10.0. The molecule has 0 aromatic heterocycles. The van der Waals surface area contributed by atoms with Crippen LogP contribution in [-0.4, -0.2) is 17.9 Å². The maximum Gasteiger partial charge on any atom is 0.177 e. The predicted octanol–water partition coefficient (Wildman–Crippen LogP) is 2.40. The molecular weight excluding hydrogens is 328 g/mol. The Morgan fingerprint density at radius 3 is 2.73 bits per heavy atom. The Morgan fingerprint density at radius 1 is 1.60 bits per heavy atom. The van der Waals surface area contributed by atoms with E-state index in [4.69, 9.17) is 16.9 Å². The van der Waals surface area contributed by atoms with Crippen LogP contribution in [0.1, 0.15) is 26.3 Å². The fraction of sp³-hybridized carbons (Fsp3) is 0.100. The number of carbonyl (C=O) groups is 2. The highest BCUT2D eigenvalue weighted by atomic mass is 127. The van der Waals surface area contributed by atoms with Gasteiger partial charge in [0.15, 0.2) is 12.1 Å². The number of nitrogens with zero attached hydrogens (tertiary/aromatic N) is 1. The second-order valence-corrected chi connectivity index (χ2v) is 4.14. The van der Waals surface area contributed by atoms with Gasteiger partial charge in [0.2, 0.25) is 0 Å². The Labute approximate surface area is 105 Å². The Kier molecular flexibility index (Phi) is 4.24. The van der Waals surface area contributed by atoms with E-state index in [2.05, 4.69) is 0 Å². The summed E-state index contributed by atoms with van der Waals surface area (Å²) in [4.78, 5) is 22.0. The lowest BCUT2D eigenvalue weighted by Gasteiger charge is -2.03. The minimum Gasteiger partial charge on any atom is -0.298 e. The van der Waals surface area contributed by atoms with E-state index in [9.17, 15) is 9.59 Å². The first-order valence-corrected chi connectivity index (χ1v) is 5.53. The number of benzene rings is 1. The van der Waals surface area contributed by atoms with Crippen LogP contribution in [0.3, 0.4) is 0 Å². The van der Waals surface area contributed by atoms with E-state index in [-0.39, 0.29) is 22.8 Å². The fourth-order valence-corrected chi connectivity index (χ4v) is 2.00. The number of carbonyl (C=O) groups excluding carboxylic acids is 2. The lowest BCUT2D eigenvalue weighted by molar-refractivity contribution is 0.102. The molecule has 1 aromatic carbocycles. The van der Waals surface area contributed by atoms with E-state index in [1.807, 2.05) is 28.7 Å². The summed E-state index contributed by atoms with van der Waals surface area (Å²) in [5.74, 6) is -0.400. The molecule has 5 heteroatoms. The number of aldehydes is 1. The first-order valence-electron chi connectivity index (χ1n) is 3.92. The van der Waals surface area contributed by atoms with Crippen molar-refractivity contribution in [2.45, 2.75) is 0 Å². The van der Waals surface area contributed by atoms with Gasteiger partial charge in [-0.1, -0.05) is 0 Å². The van der Waals surface area contributed by atoms with Gasteiger partial charge in [0.25, 0.3) is 0 Å². The summed E-state index contributed by atoms with van der Waals surface area (Å²) < 4.78 is 0.577. The summed E-state index contributed by atoms with van der Waals surface area (Å²) in [6.07, 6.45) is 0.561. The van der Waals surface area contributed by atoms with E-state index in [1.165, 1.54) is 6.07 Å². The monoisotopic (exact) mass is 333 g/mol. The summed E-state index contributed by atoms with van der Waals surface area (Å²) >= 11 is 7.31. The molecular formula is C10H5ClINO2. The van der Waals surface area contributed by atoms with Crippen molar-refractivity contribution >= 4 is 46.3 Å². The number of hydrogen-bond donors (Lipinski definition) is 0. The fourth-order valence-electron chi connectivity index (χ4n) is 1.08. The topological polar surface area (TPSA) is 57.9 Å². The molecule has 1 rings (SSSR count). The average molecular weight is 334 g/mol. The van der Waals surface area contributed by atoms with Gasteiger partial charge in [-0.3, -0.25) is 9.59 Å². The summed E-state index contributed by atoms with van der Waals surface area (Å²) in [6.45, 7) is 0. The highest BCUT2D eigenvalue weighted by Gasteiger charge is 2.12. The molecule has 0 N–H and O–H groups in total. The van der Waals surface area contributed by atoms with Crippen molar-refractivity contribution in [1.29, 1.82) is 5.26 Å². The summed E-state index contributed by atoms with van der Waals surface area (Å²) in [5, 5.41) is 8.79. The van der Waals surface area contributed by atoms with Crippen LogP contribution < -0.4 is 0 Å². The van der Waals surface area contributed by atoms with Gasteiger partial charge in [-0.2, -0.15) is 5.26 Å². The number of ketones is 1. The van der Waals surface area contributed by atoms with Gasteiger partial charge in [0.05, 0.1) is 11.4 Å². The number of nitriles is 1. The Morgan fingerprint density at radius 2 is 2.27 bits per heavy atom. The normalized spacial score (nSPS) is 9.40. The molecule has 0 aliphatic rings. The molecule has 15 heavy (non-hydrogen) atoms. The van der Waals surface area contributed by atoms with Crippen molar-refractivity contribution in [3.63, 3.8) is 0 Å². The van der Waals surface area contributed by atoms with E-state index >= 15 is 0 Å².